The highest BCUT2D eigenvalue weighted by molar-refractivity contribution is 6.35. The Morgan fingerprint density at radius 2 is 1.94 bits per heavy atom. The first-order valence-electron chi connectivity index (χ1n) is 6.24. The molecule has 0 aromatic heterocycles. The molecule has 1 rings (SSSR count). The molecule has 0 atom stereocenters. The van der Waals surface area contributed by atoms with E-state index in [0.29, 0.717) is 5.02 Å². The molecule has 1 N–H and O–H groups in total. The molecule has 0 spiro atoms. The van der Waals surface area contributed by atoms with Crippen molar-refractivity contribution in [2.75, 3.05) is 6.54 Å². The lowest BCUT2D eigenvalue weighted by Crippen LogP contribution is -2.15. The average Bonchev–Trinajstić information content (AvgIpc) is 2.25. The van der Waals surface area contributed by atoms with Crippen molar-refractivity contribution in [3.8, 4) is 0 Å². The van der Waals surface area contributed by atoms with Crippen LogP contribution >= 0.6 is 23.2 Å². The first-order valence-corrected chi connectivity index (χ1v) is 7.00. The van der Waals surface area contributed by atoms with Crippen LogP contribution < -0.4 is 5.32 Å². The Hall–Kier alpha value is -0.240. The molecule has 3 heteroatoms. The van der Waals surface area contributed by atoms with E-state index >= 15 is 0 Å². The van der Waals surface area contributed by atoms with Crippen LogP contribution in [0.1, 0.15) is 38.7 Å². The predicted molar refractivity (Wildman–Crippen MR) is 76.9 cm³/mol. The molecule has 0 unspecified atom stereocenters. The summed E-state index contributed by atoms with van der Waals surface area (Å²) in [4.78, 5) is 0. The van der Waals surface area contributed by atoms with E-state index in [9.17, 15) is 0 Å². The number of benzene rings is 1. The molecular formula is C14H21Cl2N. The fraction of sp³-hybridized carbons (Fsp3) is 0.571. The fourth-order valence-corrected chi connectivity index (χ4v) is 2.17. The minimum Gasteiger partial charge on any atom is -0.313 e. The van der Waals surface area contributed by atoms with Crippen molar-refractivity contribution in [2.24, 2.45) is 5.92 Å². The molecule has 0 radical (unpaired) electrons. The molecule has 1 nitrogen and oxygen atoms in total. The van der Waals surface area contributed by atoms with Crippen LogP contribution in [0.25, 0.3) is 0 Å². The van der Waals surface area contributed by atoms with E-state index in [2.05, 4.69) is 19.2 Å². The van der Waals surface area contributed by atoms with Crippen molar-refractivity contribution in [3.63, 3.8) is 0 Å². The lowest BCUT2D eigenvalue weighted by atomic mass is 10.1. The third-order valence-corrected chi connectivity index (χ3v) is 3.30. The lowest BCUT2D eigenvalue weighted by Gasteiger charge is -2.08. The van der Waals surface area contributed by atoms with E-state index in [1.54, 1.807) is 6.07 Å². The van der Waals surface area contributed by atoms with Crippen molar-refractivity contribution in [2.45, 2.75) is 39.7 Å². The number of hydrogen-bond donors (Lipinski definition) is 1. The summed E-state index contributed by atoms with van der Waals surface area (Å²) < 4.78 is 0. The first-order chi connectivity index (χ1) is 8.09. The second-order valence-electron chi connectivity index (χ2n) is 4.80. The van der Waals surface area contributed by atoms with Gasteiger partial charge < -0.3 is 5.32 Å². The predicted octanol–water partition coefficient (Wildman–Crippen LogP) is 4.91. The van der Waals surface area contributed by atoms with Gasteiger partial charge in [-0.3, -0.25) is 0 Å². The Labute approximate surface area is 115 Å². The molecule has 0 aliphatic rings. The van der Waals surface area contributed by atoms with Crippen LogP contribution in [-0.2, 0) is 6.54 Å². The van der Waals surface area contributed by atoms with Crippen LogP contribution in [0.4, 0.5) is 0 Å². The summed E-state index contributed by atoms with van der Waals surface area (Å²) in [6, 6.07) is 5.65. The van der Waals surface area contributed by atoms with Crippen LogP contribution in [0.15, 0.2) is 18.2 Å². The highest BCUT2D eigenvalue weighted by Crippen LogP contribution is 2.20. The van der Waals surface area contributed by atoms with Crippen molar-refractivity contribution < 1.29 is 0 Å². The molecule has 0 saturated heterocycles. The zero-order valence-electron chi connectivity index (χ0n) is 10.6. The van der Waals surface area contributed by atoms with Crippen LogP contribution in [-0.4, -0.2) is 6.54 Å². The number of halogens is 2. The Morgan fingerprint density at radius 1 is 1.18 bits per heavy atom. The summed E-state index contributed by atoms with van der Waals surface area (Å²) in [6.07, 6.45) is 3.83. The third kappa shape index (κ3) is 6.30. The maximum atomic E-state index is 6.09. The Balaban J connectivity index is 2.18. The van der Waals surface area contributed by atoms with Crippen molar-refractivity contribution in [1.29, 1.82) is 0 Å². The van der Waals surface area contributed by atoms with E-state index in [-0.39, 0.29) is 0 Å². The van der Waals surface area contributed by atoms with E-state index in [1.807, 2.05) is 12.1 Å². The van der Waals surface area contributed by atoms with E-state index in [4.69, 9.17) is 23.2 Å². The van der Waals surface area contributed by atoms with Gasteiger partial charge >= 0.3 is 0 Å². The topological polar surface area (TPSA) is 12.0 Å². The van der Waals surface area contributed by atoms with Gasteiger partial charge in [-0.1, -0.05) is 56.0 Å². The Bertz CT molecular complexity index is 337. The molecule has 0 heterocycles. The largest absolute Gasteiger partial charge is 0.313 e. The van der Waals surface area contributed by atoms with Crippen LogP contribution in [0, 0.1) is 5.92 Å². The highest BCUT2D eigenvalue weighted by atomic mass is 35.5. The molecule has 0 aliphatic heterocycles. The Morgan fingerprint density at radius 3 is 2.59 bits per heavy atom. The standard InChI is InChI=1S/C14H21Cl2N/c1-11(2)5-3-4-8-17-10-12-6-7-13(15)9-14(12)16/h6-7,9,11,17H,3-5,8,10H2,1-2H3. The molecule has 96 valence electrons. The smallest absolute Gasteiger partial charge is 0.0465 e. The van der Waals surface area contributed by atoms with Gasteiger partial charge in [0.2, 0.25) is 0 Å². The number of nitrogens with one attached hydrogen (secondary N) is 1. The summed E-state index contributed by atoms with van der Waals surface area (Å²) in [7, 11) is 0. The quantitative estimate of drug-likeness (QED) is 0.697. The maximum Gasteiger partial charge on any atom is 0.0465 e. The number of unbranched alkanes of at least 4 members (excludes halogenated alkanes) is 1. The zero-order chi connectivity index (χ0) is 12.7. The molecule has 0 aliphatic carbocycles. The van der Waals surface area contributed by atoms with E-state index < -0.39 is 0 Å². The lowest BCUT2D eigenvalue weighted by molar-refractivity contribution is 0.520. The maximum absolute atomic E-state index is 6.09. The Kier molecular flexibility index (Phi) is 6.94. The summed E-state index contributed by atoms with van der Waals surface area (Å²) in [5, 5.41) is 4.84. The van der Waals surface area contributed by atoms with Crippen molar-refractivity contribution >= 4 is 23.2 Å². The van der Waals surface area contributed by atoms with Gasteiger partial charge in [0.15, 0.2) is 0 Å². The van der Waals surface area contributed by atoms with Gasteiger partial charge in [-0.05, 0) is 36.6 Å². The summed E-state index contributed by atoms with van der Waals surface area (Å²) in [6.45, 7) is 6.39. The number of hydrogen-bond acceptors (Lipinski definition) is 1. The molecule has 0 fully saturated rings. The fourth-order valence-electron chi connectivity index (χ4n) is 1.69. The zero-order valence-corrected chi connectivity index (χ0v) is 12.1. The monoisotopic (exact) mass is 273 g/mol. The van der Waals surface area contributed by atoms with Gasteiger partial charge in [0, 0.05) is 16.6 Å². The molecule has 0 saturated carbocycles. The molecule has 0 amide bonds. The van der Waals surface area contributed by atoms with Crippen LogP contribution in [0.3, 0.4) is 0 Å². The number of rotatable bonds is 7. The highest BCUT2D eigenvalue weighted by Gasteiger charge is 2.00. The van der Waals surface area contributed by atoms with Gasteiger partial charge in [0.1, 0.15) is 0 Å². The summed E-state index contributed by atoms with van der Waals surface area (Å²) >= 11 is 11.9. The van der Waals surface area contributed by atoms with Crippen LogP contribution in [0.2, 0.25) is 10.0 Å². The second-order valence-corrected chi connectivity index (χ2v) is 5.65. The van der Waals surface area contributed by atoms with Gasteiger partial charge in [-0.15, -0.1) is 0 Å². The second kappa shape index (κ2) is 7.97. The van der Waals surface area contributed by atoms with E-state index in [0.717, 1.165) is 29.6 Å². The molecule has 0 bridgehead atoms. The molecule has 1 aromatic carbocycles. The first kappa shape index (κ1) is 14.8. The van der Waals surface area contributed by atoms with Gasteiger partial charge in [-0.25, -0.2) is 0 Å². The minimum atomic E-state index is 0.690. The normalized spacial score (nSPS) is 11.1. The molecular weight excluding hydrogens is 253 g/mol. The summed E-state index contributed by atoms with van der Waals surface area (Å²) in [5.41, 5.74) is 1.11. The minimum absolute atomic E-state index is 0.690. The van der Waals surface area contributed by atoms with Gasteiger partial charge in [0.25, 0.3) is 0 Å². The van der Waals surface area contributed by atoms with E-state index in [1.165, 1.54) is 19.3 Å². The van der Waals surface area contributed by atoms with Crippen LogP contribution in [0.5, 0.6) is 0 Å². The van der Waals surface area contributed by atoms with Crippen molar-refractivity contribution in [3.05, 3.63) is 33.8 Å². The molecule has 17 heavy (non-hydrogen) atoms. The van der Waals surface area contributed by atoms with Gasteiger partial charge in [0.05, 0.1) is 0 Å². The third-order valence-electron chi connectivity index (χ3n) is 2.72. The van der Waals surface area contributed by atoms with Crippen molar-refractivity contribution in [1.82, 2.24) is 5.32 Å². The average molecular weight is 274 g/mol. The SMILES string of the molecule is CC(C)CCCCNCc1ccc(Cl)cc1Cl. The summed E-state index contributed by atoms with van der Waals surface area (Å²) in [5.74, 6) is 0.806. The molecule has 1 aromatic rings. The van der Waals surface area contributed by atoms with Gasteiger partial charge in [-0.2, -0.15) is 0 Å².